The Kier molecular flexibility index (Phi) is 6.35. The van der Waals surface area contributed by atoms with E-state index in [1.807, 2.05) is 54.4 Å². The van der Waals surface area contributed by atoms with Gasteiger partial charge < -0.3 is 10.2 Å². The van der Waals surface area contributed by atoms with Gasteiger partial charge in [-0.05, 0) is 49.4 Å². The smallest absolute Gasteiger partial charge is 0.250 e. The number of halogens is 2. The molecule has 0 aromatic heterocycles. The summed E-state index contributed by atoms with van der Waals surface area (Å²) in [7, 11) is 0. The van der Waals surface area contributed by atoms with Crippen LogP contribution < -0.4 is 5.32 Å². The Morgan fingerprint density at radius 2 is 1.72 bits per heavy atom. The van der Waals surface area contributed by atoms with Gasteiger partial charge in [-0.2, -0.15) is 0 Å². The highest BCUT2D eigenvalue weighted by atomic mass is 35.5. The highest BCUT2D eigenvalue weighted by molar-refractivity contribution is 6.31. The molecule has 3 aromatic carbocycles. The maximum absolute atomic E-state index is 13.4. The average molecular weight is 465 g/mol. The number of anilines is 1. The van der Waals surface area contributed by atoms with Crippen molar-refractivity contribution in [3.8, 4) is 0 Å². The van der Waals surface area contributed by atoms with Crippen molar-refractivity contribution in [3.63, 3.8) is 0 Å². The van der Waals surface area contributed by atoms with Crippen LogP contribution in [0.1, 0.15) is 34.8 Å². The molecule has 1 amide bonds. The lowest BCUT2D eigenvalue weighted by atomic mass is 9.95. The van der Waals surface area contributed by atoms with Gasteiger partial charge in [-0.15, -0.1) is 0 Å². The summed E-state index contributed by atoms with van der Waals surface area (Å²) >= 11 is 12.5. The standard InChI is InChI=1S/C26H22Cl2N2O2/c1-26(14-7-15-30(26)17-19-10-5-6-11-22(19)28)25(32)29-23-13-12-20(27)16-21(23)24(31)18-8-3-2-4-9-18/h2-13,15-16H,14,17H2,1H3,(H,29,32)/t26-/m1/s1. The molecule has 0 saturated heterocycles. The number of carbonyl (C=O) groups is 2. The van der Waals surface area contributed by atoms with Crippen LogP contribution in [0.2, 0.25) is 10.0 Å². The van der Waals surface area contributed by atoms with Gasteiger partial charge in [0.15, 0.2) is 5.78 Å². The zero-order valence-electron chi connectivity index (χ0n) is 17.5. The summed E-state index contributed by atoms with van der Waals surface area (Å²) in [5, 5.41) is 4.05. The number of benzene rings is 3. The van der Waals surface area contributed by atoms with Gasteiger partial charge in [0.2, 0.25) is 5.91 Å². The number of carbonyl (C=O) groups excluding carboxylic acids is 2. The number of rotatable bonds is 6. The molecule has 1 heterocycles. The molecule has 0 unspecified atom stereocenters. The number of hydrogen-bond acceptors (Lipinski definition) is 3. The second-order valence-corrected chi connectivity index (χ2v) is 8.76. The number of amides is 1. The molecule has 162 valence electrons. The van der Waals surface area contributed by atoms with Crippen LogP contribution in [-0.2, 0) is 11.3 Å². The maximum Gasteiger partial charge on any atom is 0.250 e. The van der Waals surface area contributed by atoms with Crippen molar-refractivity contribution in [3.05, 3.63) is 112 Å². The van der Waals surface area contributed by atoms with E-state index in [2.05, 4.69) is 5.32 Å². The molecule has 1 aliphatic heterocycles. The first-order valence-electron chi connectivity index (χ1n) is 10.3. The summed E-state index contributed by atoms with van der Waals surface area (Å²) in [5.41, 5.74) is 1.42. The van der Waals surface area contributed by atoms with E-state index in [9.17, 15) is 9.59 Å². The minimum atomic E-state index is -0.828. The molecule has 4 nitrogen and oxygen atoms in total. The quantitative estimate of drug-likeness (QED) is 0.432. The minimum Gasteiger partial charge on any atom is -0.359 e. The third-order valence-corrected chi connectivity index (χ3v) is 6.34. The summed E-state index contributed by atoms with van der Waals surface area (Å²) in [5.74, 6) is -0.412. The number of nitrogens with one attached hydrogen (secondary N) is 1. The lowest BCUT2D eigenvalue weighted by Crippen LogP contribution is -2.49. The fourth-order valence-corrected chi connectivity index (χ4v) is 4.13. The highest BCUT2D eigenvalue weighted by Crippen LogP contribution is 2.33. The molecule has 0 fully saturated rings. The average Bonchev–Trinajstić information content (AvgIpc) is 3.18. The van der Waals surface area contributed by atoms with Crippen molar-refractivity contribution < 1.29 is 9.59 Å². The Balaban J connectivity index is 1.60. The van der Waals surface area contributed by atoms with Crippen LogP contribution in [0, 0.1) is 0 Å². The Morgan fingerprint density at radius 1 is 1.00 bits per heavy atom. The van der Waals surface area contributed by atoms with Crippen molar-refractivity contribution in [2.24, 2.45) is 0 Å². The number of ketones is 1. The Labute approximate surface area is 197 Å². The van der Waals surface area contributed by atoms with E-state index in [0.717, 1.165) is 5.56 Å². The summed E-state index contributed by atoms with van der Waals surface area (Å²) in [4.78, 5) is 28.5. The van der Waals surface area contributed by atoms with Gasteiger partial charge in [0, 0.05) is 27.7 Å². The second kappa shape index (κ2) is 9.19. The maximum atomic E-state index is 13.4. The van der Waals surface area contributed by atoms with Crippen molar-refractivity contribution in [1.82, 2.24) is 4.90 Å². The lowest BCUT2D eigenvalue weighted by Gasteiger charge is -2.35. The summed E-state index contributed by atoms with van der Waals surface area (Å²) < 4.78 is 0. The first-order chi connectivity index (χ1) is 15.4. The van der Waals surface area contributed by atoms with Gasteiger partial charge in [0.1, 0.15) is 5.54 Å². The summed E-state index contributed by atoms with van der Waals surface area (Å²) in [6, 6.07) is 21.4. The molecule has 0 bridgehead atoms. The van der Waals surface area contributed by atoms with Gasteiger partial charge in [-0.1, -0.05) is 77.8 Å². The topological polar surface area (TPSA) is 49.4 Å². The fraction of sp³-hybridized carbons (Fsp3) is 0.154. The largest absolute Gasteiger partial charge is 0.359 e. The molecule has 1 atom stereocenters. The van der Waals surface area contributed by atoms with Crippen LogP contribution in [0.3, 0.4) is 0 Å². The van der Waals surface area contributed by atoms with Crippen LogP contribution in [0.4, 0.5) is 5.69 Å². The molecular weight excluding hydrogens is 443 g/mol. The van der Waals surface area contributed by atoms with E-state index in [-0.39, 0.29) is 11.7 Å². The van der Waals surface area contributed by atoms with Gasteiger partial charge in [0.25, 0.3) is 0 Å². The van der Waals surface area contributed by atoms with Crippen molar-refractivity contribution in [1.29, 1.82) is 0 Å². The predicted molar refractivity (Wildman–Crippen MR) is 129 cm³/mol. The first kappa shape index (κ1) is 22.1. The monoisotopic (exact) mass is 464 g/mol. The van der Waals surface area contributed by atoms with Crippen LogP contribution in [0.5, 0.6) is 0 Å². The van der Waals surface area contributed by atoms with E-state index in [0.29, 0.717) is 39.8 Å². The molecule has 0 spiro atoms. The fourth-order valence-electron chi connectivity index (χ4n) is 3.77. The lowest BCUT2D eigenvalue weighted by molar-refractivity contribution is -0.125. The molecule has 1 aliphatic rings. The summed E-state index contributed by atoms with van der Waals surface area (Å²) in [6.07, 6.45) is 4.42. The molecule has 32 heavy (non-hydrogen) atoms. The number of hydrogen-bond donors (Lipinski definition) is 1. The van der Waals surface area contributed by atoms with Crippen molar-refractivity contribution in [2.45, 2.75) is 25.4 Å². The third kappa shape index (κ3) is 4.43. The van der Waals surface area contributed by atoms with Gasteiger partial charge in [-0.3, -0.25) is 9.59 Å². The second-order valence-electron chi connectivity index (χ2n) is 7.92. The zero-order chi connectivity index (χ0) is 22.7. The van der Waals surface area contributed by atoms with E-state index >= 15 is 0 Å². The predicted octanol–water partition coefficient (Wildman–Crippen LogP) is 6.34. The van der Waals surface area contributed by atoms with Gasteiger partial charge in [0.05, 0.1) is 5.69 Å². The third-order valence-electron chi connectivity index (χ3n) is 5.73. The Morgan fingerprint density at radius 3 is 2.47 bits per heavy atom. The van der Waals surface area contributed by atoms with Crippen LogP contribution in [0.25, 0.3) is 0 Å². The Hall–Kier alpha value is -3.08. The van der Waals surface area contributed by atoms with E-state index in [1.165, 1.54) is 0 Å². The van der Waals surface area contributed by atoms with Crippen molar-refractivity contribution >= 4 is 40.6 Å². The summed E-state index contributed by atoms with van der Waals surface area (Å²) in [6.45, 7) is 2.38. The van der Waals surface area contributed by atoms with Crippen LogP contribution in [0.15, 0.2) is 85.1 Å². The molecule has 0 aliphatic carbocycles. The molecule has 4 rings (SSSR count). The molecule has 1 N–H and O–H groups in total. The van der Waals surface area contributed by atoms with Gasteiger partial charge in [-0.25, -0.2) is 0 Å². The van der Waals surface area contributed by atoms with E-state index in [4.69, 9.17) is 23.2 Å². The molecular formula is C26H22Cl2N2O2. The molecule has 0 radical (unpaired) electrons. The molecule has 0 saturated carbocycles. The van der Waals surface area contributed by atoms with E-state index in [1.54, 1.807) is 42.5 Å². The molecule has 6 heteroatoms. The highest BCUT2D eigenvalue weighted by Gasteiger charge is 2.40. The van der Waals surface area contributed by atoms with Crippen LogP contribution >= 0.6 is 23.2 Å². The normalized spacial score (nSPS) is 17.4. The first-order valence-corrected chi connectivity index (χ1v) is 11.0. The number of nitrogens with zero attached hydrogens (tertiary/aromatic N) is 1. The molecule has 3 aromatic rings. The van der Waals surface area contributed by atoms with Crippen LogP contribution in [-0.4, -0.2) is 22.1 Å². The SMILES string of the molecule is C[C@]1(C(=O)Nc2ccc(Cl)cc2C(=O)c2ccccc2)CC=CN1Cc1ccccc1Cl. The van der Waals surface area contributed by atoms with Crippen molar-refractivity contribution in [2.75, 3.05) is 5.32 Å². The minimum absolute atomic E-state index is 0.203. The zero-order valence-corrected chi connectivity index (χ0v) is 19.0. The Bertz CT molecular complexity index is 1190. The van der Waals surface area contributed by atoms with E-state index < -0.39 is 5.54 Å². The van der Waals surface area contributed by atoms with Gasteiger partial charge >= 0.3 is 0 Å².